The SMILES string of the molecule is CC(C)N(C)S(=O)(=O)N(C)C(C)(C)CBr. The van der Waals surface area contributed by atoms with Crippen LogP contribution in [0.15, 0.2) is 0 Å². The Morgan fingerprint density at radius 2 is 1.67 bits per heavy atom. The smallest absolute Gasteiger partial charge is 0.195 e. The minimum Gasteiger partial charge on any atom is -0.195 e. The lowest BCUT2D eigenvalue weighted by Gasteiger charge is -2.36. The molecule has 0 aliphatic rings. The first kappa shape index (κ1) is 15.3. The monoisotopic (exact) mass is 300 g/mol. The van der Waals surface area contributed by atoms with Gasteiger partial charge in [-0.05, 0) is 27.7 Å². The Morgan fingerprint density at radius 1 is 1.27 bits per heavy atom. The highest BCUT2D eigenvalue weighted by atomic mass is 79.9. The van der Waals surface area contributed by atoms with E-state index < -0.39 is 15.7 Å². The standard InChI is InChI=1S/C9H21BrN2O2S/c1-8(2)11(5)15(13,14)12(6)9(3,4)7-10/h8H,7H2,1-6H3. The summed E-state index contributed by atoms with van der Waals surface area (Å²) in [5.41, 5.74) is -0.429. The number of hydrogen-bond acceptors (Lipinski definition) is 2. The zero-order valence-electron chi connectivity index (χ0n) is 10.3. The predicted octanol–water partition coefficient (Wildman–Crippen LogP) is 1.68. The molecule has 0 aliphatic heterocycles. The summed E-state index contributed by atoms with van der Waals surface area (Å²) < 4.78 is 27.0. The van der Waals surface area contributed by atoms with Crippen LogP contribution in [-0.4, -0.2) is 48.0 Å². The van der Waals surface area contributed by atoms with E-state index in [0.717, 1.165) is 0 Å². The van der Waals surface area contributed by atoms with Gasteiger partial charge in [-0.25, -0.2) is 0 Å². The van der Waals surface area contributed by atoms with Gasteiger partial charge in [0.15, 0.2) is 0 Å². The van der Waals surface area contributed by atoms with E-state index in [4.69, 9.17) is 0 Å². The van der Waals surface area contributed by atoms with Crippen LogP contribution in [0.4, 0.5) is 0 Å². The topological polar surface area (TPSA) is 40.6 Å². The van der Waals surface area contributed by atoms with E-state index in [1.807, 2.05) is 27.7 Å². The molecule has 4 nitrogen and oxygen atoms in total. The van der Waals surface area contributed by atoms with Crippen molar-refractivity contribution >= 4 is 26.1 Å². The molecule has 15 heavy (non-hydrogen) atoms. The minimum absolute atomic E-state index is 0.0384. The van der Waals surface area contributed by atoms with Crippen LogP contribution in [0.5, 0.6) is 0 Å². The number of nitrogens with zero attached hydrogens (tertiary/aromatic N) is 2. The molecule has 0 unspecified atom stereocenters. The van der Waals surface area contributed by atoms with Crippen LogP contribution in [0, 0.1) is 0 Å². The van der Waals surface area contributed by atoms with Gasteiger partial charge in [0.1, 0.15) is 0 Å². The van der Waals surface area contributed by atoms with Gasteiger partial charge in [0.25, 0.3) is 10.2 Å². The normalized spacial score (nSPS) is 14.3. The van der Waals surface area contributed by atoms with Crippen LogP contribution >= 0.6 is 15.9 Å². The van der Waals surface area contributed by atoms with Crippen molar-refractivity contribution in [1.29, 1.82) is 0 Å². The van der Waals surface area contributed by atoms with Crippen molar-refractivity contribution in [3.8, 4) is 0 Å². The lowest BCUT2D eigenvalue weighted by Crippen LogP contribution is -2.52. The first-order chi connectivity index (χ1) is 6.57. The number of rotatable bonds is 5. The molecular formula is C9H21BrN2O2S. The second kappa shape index (κ2) is 5.12. The van der Waals surface area contributed by atoms with Gasteiger partial charge in [0.05, 0.1) is 0 Å². The molecule has 0 rings (SSSR count). The maximum atomic E-state index is 12.1. The van der Waals surface area contributed by atoms with Crippen molar-refractivity contribution in [3.05, 3.63) is 0 Å². The van der Waals surface area contributed by atoms with Gasteiger partial charge >= 0.3 is 0 Å². The van der Waals surface area contributed by atoms with Crippen LogP contribution in [0.2, 0.25) is 0 Å². The zero-order valence-corrected chi connectivity index (χ0v) is 12.7. The van der Waals surface area contributed by atoms with Crippen LogP contribution < -0.4 is 0 Å². The Labute approximate surface area is 102 Å². The average molecular weight is 301 g/mol. The van der Waals surface area contributed by atoms with Gasteiger partial charge < -0.3 is 0 Å². The molecule has 6 heteroatoms. The molecule has 0 radical (unpaired) electrons. The third kappa shape index (κ3) is 3.41. The second-order valence-electron chi connectivity index (χ2n) is 4.53. The van der Waals surface area contributed by atoms with Crippen LogP contribution in [0.1, 0.15) is 27.7 Å². The molecular weight excluding hydrogens is 280 g/mol. The average Bonchev–Trinajstić information content (AvgIpc) is 2.15. The summed E-state index contributed by atoms with van der Waals surface area (Å²) >= 11 is 3.33. The summed E-state index contributed by atoms with van der Waals surface area (Å²) in [7, 11) is -0.167. The predicted molar refractivity (Wildman–Crippen MR) is 67.5 cm³/mol. The van der Waals surface area contributed by atoms with Gasteiger partial charge in [0, 0.05) is 31.0 Å². The molecule has 0 saturated carbocycles. The third-order valence-corrected chi connectivity index (χ3v) is 6.32. The fourth-order valence-electron chi connectivity index (χ4n) is 0.856. The fraction of sp³-hybridized carbons (Fsp3) is 1.00. The molecule has 0 bridgehead atoms. The Hall–Kier alpha value is 0.350. The molecule has 92 valence electrons. The van der Waals surface area contributed by atoms with Crippen molar-refractivity contribution in [2.75, 3.05) is 19.4 Å². The first-order valence-electron chi connectivity index (χ1n) is 4.85. The summed E-state index contributed by atoms with van der Waals surface area (Å²) in [6.07, 6.45) is 0. The van der Waals surface area contributed by atoms with Crippen molar-refractivity contribution in [2.45, 2.75) is 39.3 Å². The van der Waals surface area contributed by atoms with E-state index in [0.29, 0.717) is 5.33 Å². The van der Waals surface area contributed by atoms with E-state index in [1.165, 1.54) is 8.61 Å². The Kier molecular flexibility index (Phi) is 5.24. The Morgan fingerprint density at radius 3 is 1.93 bits per heavy atom. The number of alkyl halides is 1. The molecule has 0 amide bonds. The maximum Gasteiger partial charge on any atom is 0.282 e. The van der Waals surface area contributed by atoms with Crippen LogP contribution in [0.25, 0.3) is 0 Å². The molecule has 0 atom stereocenters. The lowest BCUT2D eigenvalue weighted by atomic mass is 10.1. The van der Waals surface area contributed by atoms with Crippen molar-refractivity contribution in [3.63, 3.8) is 0 Å². The Balaban J connectivity index is 5.06. The Bertz CT molecular complexity index is 301. The number of halogens is 1. The summed E-state index contributed by atoms with van der Waals surface area (Å²) in [6.45, 7) is 7.47. The summed E-state index contributed by atoms with van der Waals surface area (Å²) in [6, 6.07) is -0.0384. The molecule has 0 N–H and O–H groups in total. The van der Waals surface area contributed by atoms with Gasteiger partial charge in [-0.2, -0.15) is 17.0 Å². The molecule has 0 aliphatic carbocycles. The van der Waals surface area contributed by atoms with Gasteiger partial charge in [0.2, 0.25) is 0 Å². The van der Waals surface area contributed by atoms with Crippen molar-refractivity contribution < 1.29 is 8.42 Å². The highest BCUT2D eigenvalue weighted by Gasteiger charge is 2.35. The molecule has 0 heterocycles. The molecule has 0 aromatic rings. The van der Waals surface area contributed by atoms with E-state index in [1.54, 1.807) is 14.1 Å². The van der Waals surface area contributed by atoms with Crippen LogP contribution in [0.3, 0.4) is 0 Å². The van der Waals surface area contributed by atoms with E-state index >= 15 is 0 Å². The van der Waals surface area contributed by atoms with Gasteiger partial charge in [-0.3, -0.25) is 0 Å². The minimum atomic E-state index is -3.37. The maximum absolute atomic E-state index is 12.1. The molecule has 0 spiro atoms. The third-order valence-electron chi connectivity index (χ3n) is 2.62. The summed E-state index contributed by atoms with van der Waals surface area (Å²) in [4.78, 5) is 0. The lowest BCUT2D eigenvalue weighted by molar-refractivity contribution is 0.266. The van der Waals surface area contributed by atoms with Gasteiger partial charge in [-0.15, -0.1) is 0 Å². The summed E-state index contributed by atoms with van der Waals surface area (Å²) in [5, 5.41) is 0.599. The largest absolute Gasteiger partial charge is 0.282 e. The van der Waals surface area contributed by atoms with Crippen molar-refractivity contribution in [2.24, 2.45) is 0 Å². The van der Waals surface area contributed by atoms with E-state index in [9.17, 15) is 8.42 Å². The number of hydrogen-bond donors (Lipinski definition) is 0. The first-order valence-corrected chi connectivity index (χ1v) is 7.37. The molecule has 0 saturated heterocycles. The van der Waals surface area contributed by atoms with Gasteiger partial charge in [-0.1, -0.05) is 15.9 Å². The van der Waals surface area contributed by atoms with Crippen LogP contribution in [-0.2, 0) is 10.2 Å². The molecule has 0 aromatic carbocycles. The fourth-order valence-corrected chi connectivity index (χ4v) is 3.01. The molecule has 0 aromatic heterocycles. The second-order valence-corrected chi connectivity index (χ2v) is 7.11. The van der Waals surface area contributed by atoms with E-state index in [-0.39, 0.29) is 6.04 Å². The highest BCUT2D eigenvalue weighted by molar-refractivity contribution is 9.09. The van der Waals surface area contributed by atoms with Crippen molar-refractivity contribution in [1.82, 2.24) is 8.61 Å². The molecule has 0 fully saturated rings. The zero-order chi connectivity index (χ0) is 12.4. The summed E-state index contributed by atoms with van der Waals surface area (Å²) in [5.74, 6) is 0. The van der Waals surface area contributed by atoms with E-state index in [2.05, 4.69) is 15.9 Å². The highest BCUT2D eigenvalue weighted by Crippen LogP contribution is 2.21. The quantitative estimate of drug-likeness (QED) is 0.725.